The molecule has 8 nitrogen and oxygen atoms in total. The van der Waals surface area contributed by atoms with E-state index < -0.39 is 83.3 Å². The Hall–Kier alpha value is -4.52. The highest BCUT2D eigenvalue weighted by atomic mass is 19.2. The molecular weight excluding hydrogens is 651 g/mol. The number of hydrogen-bond donors (Lipinski definition) is 1. The fourth-order valence-corrected chi connectivity index (χ4v) is 6.22. The predicted molar refractivity (Wildman–Crippen MR) is 170 cm³/mol. The zero-order valence-corrected chi connectivity index (χ0v) is 28.0. The standard InChI is InChI=1S/C36H39F5N2O6/c1-7-19(4)33(25(47-6)16-26(44)49-34-30(40)28(38)27(37)29(39)31(34)41)43(5)35(45)32(18(2)3)42-36(46)48-17-24-22-14-10-8-12-20(22)21-13-9-11-15-23(21)24/h8-15,18-19,24-25,32-33H,7,16-17H2,1-6H3,(H,42,46)/t19?,25-,32+,33?/m1/s1. The summed E-state index contributed by atoms with van der Waals surface area (Å²) in [6.45, 7) is 7.09. The summed E-state index contributed by atoms with van der Waals surface area (Å²) in [6.07, 6.45) is -2.17. The molecule has 2 unspecified atom stereocenters. The first-order valence-corrected chi connectivity index (χ1v) is 15.9. The number of alkyl carbamates (subject to hydrolysis) is 1. The Morgan fingerprint density at radius 1 is 0.837 bits per heavy atom. The Morgan fingerprint density at radius 2 is 1.35 bits per heavy atom. The molecule has 1 aliphatic rings. The lowest BCUT2D eigenvalue weighted by atomic mass is 9.90. The molecule has 0 aliphatic heterocycles. The van der Waals surface area contributed by atoms with Gasteiger partial charge in [-0.1, -0.05) is 82.6 Å². The molecule has 3 aromatic carbocycles. The molecule has 0 saturated heterocycles. The minimum absolute atomic E-state index is 0.0289. The molecule has 264 valence electrons. The minimum atomic E-state index is -2.40. The van der Waals surface area contributed by atoms with Gasteiger partial charge < -0.3 is 24.4 Å². The van der Waals surface area contributed by atoms with Crippen LogP contribution in [0.3, 0.4) is 0 Å². The van der Waals surface area contributed by atoms with Crippen LogP contribution in [-0.4, -0.2) is 61.8 Å². The molecule has 4 rings (SSSR count). The van der Waals surface area contributed by atoms with E-state index in [0.717, 1.165) is 22.3 Å². The third-order valence-electron chi connectivity index (χ3n) is 9.01. The largest absolute Gasteiger partial charge is 0.449 e. The maximum Gasteiger partial charge on any atom is 0.407 e. The highest BCUT2D eigenvalue weighted by molar-refractivity contribution is 5.86. The van der Waals surface area contributed by atoms with Gasteiger partial charge in [-0.25, -0.2) is 18.0 Å². The van der Waals surface area contributed by atoms with Crippen LogP contribution in [0.1, 0.15) is 57.6 Å². The second kappa shape index (κ2) is 15.8. The number of carbonyl (C=O) groups is 3. The van der Waals surface area contributed by atoms with Crippen molar-refractivity contribution in [1.29, 1.82) is 0 Å². The van der Waals surface area contributed by atoms with Crippen molar-refractivity contribution in [3.8, 4) is 16.9 Å². The molecule has 2 amide bonds. The molecule has 49 heavy (non-hydrogen) atoms. The summed E-state index contributed by atoms with van der Waals surface area (Å²) in [5.41, 5.74) is 4.16. The zero-order chi connectivity index (χ0) is 36.2. The third kappa shape index (κ3) is 7.71. The molecule has 0 aromatic heterocycles. The van der Waals surface area contributed by atoms with Gasteiger partial charge in [-0.05, 0) is 34.1 Å². The number of nitrogens with one attached hydrogen (secondary N) is 1. The number of hydrogen-bond acceptors (Lipinski definition) is 6. The van der Waals surface area contributed by atoms with Gasteiger partial charge in [-0.15, -0.1) is 0 Å². The van der Waals surface area contributed by atoms with Crippen molar-refractivity contribution >= 4 is 18.0 Å². The fourth-order valence-electron chi connectivity index (χ4n) is 6.22. The SMILES string of the molecule is CCC(C)C([C@@H](CC(=O)Oc1c(F)c(F)c(F)c(F)c1F)OC)N(C)C(=O)[C@@H](NC(=O)OCC1c2ccccc2-c2ccccc21)C(C)C. The Bertz CT molecular complexity index is 1630. The maximum absolute atomic E-state index is 14.2. The predicted octanol–water partition coefficient (Wildman–Crippen LogP) is 7.13. The molecule has 4 atom stereocenters. The second-order valence-electron chi connectivity index (χ2n) is 12.4. The van der Waals surface area contributed by atoms with Crippen LogP contribution in [0, 0.1) is 40.9 Å². The number of rotatable bonds is 13. The summed E-state index contributed by atoms with van der Waals surface area (Å²) in [5, 5.41) is 2.67. The molecule has 0 radical (unpaired) electrons. The van der Waals surface area contributed by atoms with E-state index in [1.54, 1.807) is 20.8 Å². The van der Waals surface area contributed by atoms with E-state index in [1.807, 2.05) is 55.5 Å². The molecule has 0 saturated carbocycles. The zero-order valence-electron chi connectivity index (χ0n) is 28.0. The van der Waals surface area contributed by atoms with Gasteiger partial charge in [0.05, 0.1) is 18.6 Å². The number of benzene rings is 3. The average molecular weight is 691 g/mol. The molecule has 1 N–H and O–H groups in total. The Kier molecular flexibility index (Phi) is 12.0. The van der Waals surface area contributed by atoms with Gasteiger partial charge in [0.25, 0.3) is 0 Å². The van der Waals surface area contributed by atoms with Gasteiger partial charge in [-0.2, -0.15) is 8.78 Å². The molecule has 0 heterocycles. The molecule has 0 spiro atoms. The number of carbonyl (C=O) groups excluding carboxylic acids is 3. The number of ether oxygens (including phenoxy) is 3. The second-order valence-corrected chi connectivity index (χ2v) is 12.4. The van der Waals surface area contributed by atoms with Crippen LogP contribution in [0.25, 0.3) is 11.1 Å². The number of esters is 1. The lowest BCUT2D eigenvalue weighted by molar-refractivity contribution is -0.146. The molecular formula is C36H39F5N2O6. The van der Waals surface area contributed by atoms with E-state index in [1.165, 1.54) is 19.1 Å². The lowest BCUT2D eigenvalue weighted by Gasteiger charge is -2.39. The summed E-state index contributed by atoms with van der Waals surface area (Å²) in [5.74, 6) is -16.1. The topological polar surface area (TPSA) is 94.2 Å². The van der Waals surface area contributed by atoms with E-state index in [9.17, 15) is 36.3 Å². The van der Waals surface area contributed by atoms with Crippen molar-refractivity contribution in [2.24, 2.45) is 11.8 Å². The molecule has 3 aromatic rings. The van der Waals surface area contributed by atoms with Crippen molar-refractivity contribution in [2.75, 3.05) is 20.8 Å². The Labute approximate surface area is 281 Å². The van der Waals surface area contributed by atoms with Gasteiger partial charge >= 0.3 is 12.1 Å². The Balaban J connectivity index is 1.47. The minimum Gasteiger partial charge on any atom is -0.449 e. The van der Waals surface area contributed by atoms with Gasteiger partial charge in [0.15, 0.2) is 0 Å². The van der Waals surface area contributed by atoms with Crippen molar-refractivity contribution in [3.63, 3.8) is 0 Å². The highest BCUT2D eigenvalue weighted by Crippen LogP contribution is 2.44. The van der Waals surface area contributed by atoms with E-state index >= 15 is 0 Å². The van der Waals surface area contributed by atoms with E-state index in [0.29, 0.717) is 6.42 Å². The van der Waals surface area contributed by atoms with Gasteiger partial charge in [0, 0.05) is 20.1 Å². The van der Waals surface area contributed by atoms with E-state index in [2.05, 4.69) is 10.1 Å². The van der Waals surface area contributed by atoms with Crippen molar-refractivity contribution in [2.45, 2.75) is 64.6 Å². The molecule has 13 heteroatoms. The van der Waals surface area contributed by atoms with Gasteiger partial charge in [-0.3, -0.25) is 9.59 Å². The third-order valence-corrected chi connectivity index (χ3v) is 9.01. The van der Waals surface area contributed by atoms with Crippen LogP contribution in [0.4, 0.5) is 26.7 Å². The Morgan fingerprint density at radius 3 is 1.84 bits per heavy atom. The quantitative estimate of drug-likeness (QED) is 0.0675. The van der Waals surface area contributed by atoms with Crippen LogP contribution < -0.4 is 10.1 Å². The van der Waals surface area contributed by atoms with Crippen molar-refractivity contribution in [1.82, 2.24) is 10.2 Å². The van der Waals surface area contributed by atoms with Crippen LogP contribution in [0.2, 0.25) is 0 Å². The van der Waals surface area contributed by atoms with Crippen LogP contribution >= 0.6 is 0 Å². The first-order chi connectivity index (χ1) is 23.2. The monoisotopic (exact) mass is 690 g/mol. The average Bonchev–Trinajstić information content (AvgIpc) is 3.42. The van der Waals surface area contributed by atoms with Crippen LogP contribution in [-0.2, 0) is 19.1 Å². The number of fused-ring (bicyclic) bond motifs is 3. The number of nitrogens with zero attached hydrogens (tertiary/aromatic N) is 1. The van der Waals surface area contributed by atoms with Gasteiger partial charge in [0.2, 0.25) is 40.7 Å². The number of likely N-dealkylation sites (N-methyl/N-ethyl adjacent to an activating group) is 1. The van der Waals surface area contributed by atoms with Gasteiger partial charge in [0.1, 0.15) is 12.6 Å². The van der Waals surface area contributed by atoms with E-state index in [4.69, 9.17) is 9.47 Å². The number of halogens is 5. The first-order valence-electron chi connectivity index (χ1n) is 15.9. The fraction of sp³-hybridized carbons (Fsp3) is 0.417. The highest BCUT2D eigenvalue weighted by Gasteiger charge is 2.39. The number of methoxy groups -OCH3 is 1. The molecule has 0 bridgehead atoms. The van der Waals surface area contributed by atoms with Crippen LogP contribution in [0.5, 0.6) is 5.75 Å². The van der Waals surface area contributed by atoms with Crippen LogP contribution in [0.15, 0.2) is 48.5 Å². The molecule has 0 fully saturated rings. The van der Waals surface area contributed by atoms with Crippen molar-refractivity contribution < 1.29 is 50.5 Å². The number of amides is 2. The summed E-state index contributed by atoms with van der Waals surface area (Å²) >= 11 is 0. The smallest absolute Gasteiger partial charge is 0.407 e. The first kappa shape index (κ1) is 37.3. The summed E-state index contributed by atoms with van der Waals surface area (Å²) in [6, 6.07) is 13.8. The normalized spacial score (nSPS) is 14.8. The lowest BCUT2D eigenvalue weighted by Crippen LogP contribution is -2.57. The maximum atomic E-state index is 14.2. The summed E-state index contributed by atoms with van der Waals surface area (Å²) in [4.78, 5) is 41.1. The van der Waals surface area contributed by atoms with E-state index in [-0.39, 0.29) is 18.4 Å². The van der Waals surface area contributed by atoms with Crippen molar-refractivity contribution in [3.05, 3.63) is 88.7 Å². The molecule has 1 aliphatic carbocycles. The summed E-state index contributed by atoms with van der Waals surface area (Å²) in [7, 11) is 2.69. The summed E-state index contributed by atoms with van der Waals surface area (Å²) < 4.78 is 84.9.